The topological polar surface area (TPSA) is 39.9 Å². The van der Waals surface area contributed by atoms with E-state index in [4.69, 9.17) is 0 Å². The van der Waals surface area contributed by atoms with Gasteiger partial charge in [0.1, 0.15) is 6.04 Å². The van der Waals surface area contributed by atoms with E-state index in [9.17, 15) is 5.26 Å². The van der Waals surface area contributed by atoms with Crippen LogP contribution in [0.3, 0.4) is 0 Å². The lowest BCUT2D eigenvalue weighted by Crippen LogP contribution is -2.49. The van der Waals surface area contributed by atoms with Gasteiger partial charge in [-0.25, -0.2) is 0 Å². The number of nitriles is 1. The van der Waals surface area contributed by atoms with E-state index in [0.717, 1.165) is 31.6 Å². The number of hydrogen-bond acceptors (Lipinski definition) is 3. The molecule has 0 radical (unpaired) electrons. The molecule has 1 aromatic rings. The largest absolute Gasteiger partial charge is 0.287 e. The summed E-state index contributed by atoms with van der Waals surface area (Å²) in [6.07, 6.45) is 5.09. The molecule has 0 spiro atoms. The number of piperidine rings is 1. The molecule has 0 aliphatic carbocycles. The van der Waals surface area contributed by atoms with E-state index in [0.29, 0.717) is 0 Å². The van der Waals surface area contributed by atoms with Crippen LogP contribution in [0.2, 0.25) is 0 Å². The van der Waals surface area contributed by atoms with Crippen LogP contribution in [0.1, 0.15) is 32.4 Å². The van der Waals surface area contributed by atoms with Crippen LogP contribution in [0.15, 0.2) is 24.4 Å². The molecular formula is C15H21N3. The van der Waals surface area contributed by atoms with Gasteiger partial charge >= 0.3 is 0 Å². The number of rotatable bonds is 3. The Morgan fingerprint density at radius 3 is 3.00 bits per heavy atom. The molecule has 2 rings (SSSR count). The molecule has 1 unspecified atom stereocenters. The Labute approximate surface area is 109 Å². The molecule has 1 fully saturated rings. The van der Waals surface area contributed by atoms with Crippen LogP contribution in [-0.2, 0) is 6.42 Å². The molecule has 0 saturated carbocycles. The first-order chi connectivity index (χ1) is 8.63. The lowest BCUT2D eigenvalue weighted by Gasteiger charge is -2.42. The van der Waals surface area contributed by atoms with Gasteiger partial charge in [0, 0.05) is 24.9 Å². The lowest BCUT2D eigenvalue weighted by atomic mass is 9.77. The maximum Gasteiger partial charge on any atom is 0.103 e. The Morgan fingerprint density at radius 1 is 1.50 bits per heavy atom. The fourth-order valence-corrected chi connectivity index (χ4v) is 2.80. The first-order valence-corrected chi connectivity index (χ1v) is 6.67. The van der Waals surface area contributed by atoms with Crippen LogP contribution in [0.25, 0.3) is 0 Å². The van der Waals surface area contributed by atoms with Gasteiger partial charge in [-0.2, -0.15) is 5.26 Å². The van der Waals surface area contributed by atoms with Gasteiger partial charge in [-0.3, -0.25) is 9.88 Å². The van der Waals surface area contributed by atoms with Crippen LogP contribution >= 0.6 is 0 Å². The van der Waals surface area contributed by atoms with Crippen LogP contribution in [0, 0.1) is 16.7 Å². The minimum Gasteiger partial charge on any atom is -0.287 e. The van der Waals surface area contributed by atoms with Crippen LogP contribution < -0.4 is 0 Å². The molecular weight excluding hydrogens is 222 g/mol. The third-order valence-electron chi connectivity index (χ3n) is 3.88. The zero-order valence-corrected chi connectivity index (χ0v) is 11.3. The van der Waals surface area contributed by atoms with Crippen molar-refractivity contribution in [3.63, 3.8) is 0 Å². The Morgan fingerprint density at radius 2 is 2.33 bits per heavy atom. The number of likely N-dealkylation sites (tertiary alicyclic amines) is 1. The van der Waals surface area contributed by atoms with E-state index >= 15 is 0 Å². The zero-order chi connectivity index (χ0) is 13.0. The summed E-state index contributed by atoms with van der Waals surface area (Å²) in [5.41, 5.74) is 1.22. The lowest BCUT2D eigenvalue weighted by molar-refractivity contribution is 0.0732. The summed E-state index contributed by atoms with van der Waals surface area (Å²) >= 11 is 0. The maximum atomic E-state index is 9.39. The predicted octanol–water partition coefficient (Wildman–Crippen LogP) is 2.64. The van der Waals surface area contributed by atoms with Gasteiger partial charge in [-0.15, -0.1) is 0 Å². The van der Waals surface area contributed by atoms with Crippen molar-refractivity contribution in [2.24, 2.45) is 5.41 Å². The third kappa shape index (κ3) is 2.88. The first kappa shape index (κ1) is 13.0. The second-order valence-electron chi connectivity index (χ2n) is 5.73. The highest BCUT2D eigenvalue weighted by atomic mass is 15.2. The Balaban J connectivity index is 1.98. The number of nitrogens with zero attached hydrogens (tertiary/aromatic N) is 3. The SMILES string of the molecule is CC1(C)CCCN(CCc2ccccn2)C1C#N. The molecule has 3 nitrogen and oxygen atoms in total. The van der Waals surface area contributed by atoms with Crippen molar-refractivity contribution < 1.29 is 0 Å². The molecule has 1 aliphatic rings. The number of pyridine rings is 1. The van der Waals surface area contributed by atoms with Crippen LogP contribution in [0.5, 0.6) is 0 Å². The number of hydrogen-bond donors (Lipinski definition) is 0. The fourth-order valence-electron chi connectivity index (χ4n) is 2.80. The van der Waals surface area contributed by atoms with E-state index in [1.165, 1.54) is 6.42 Å². The molecule has 1 atom stereocenters. The standard InChI is InChI=1S/C15H21N3/c1-15(2)8-5-10-18(14(15)12-16)11-7-13-6-3-4-9-17-13/h3-4,6,9,14H,5,7-8,10-11H2,1-2H3. The highest BCUT2D eigenvalue weighted by Crippen LogP contribution is 2.34. The minimum absolute atomic E-state index is 0.0370. The molecule has 0 bridgehead atoms. The van der Waals surface area contributed by atoms with Gasteiger partial charge in [-0.1, -0.05) is 19.9 Å². The maximum absolute atomic E-state index is 9.39. The van der Waals surface area contributed by atoms with Gasteiger partial charge in [0.05, 0.1) is 6.07 Å². The van der Waals surface area contributed by atoms with Gasteiger partial charge < -0.3 is 0 Å². The highest BCUT2D eigenvalue weighted by Gasteiger charge is 2.37. The second kappa shape index (κ2) is 5.49. The van der Waals surface area contributed by atoms with E-state index in [-0.39, 0.29) is 11.5 Å². The average Bonchev–Trinajstić information content (AvgIpc) is 2.36. The van der Waals surface area contributed by atoms with Crippen molar-refractivity contribution in [1.82, 2.24) is 9.88 Å². The van der Waals surface area contributed by atoms with E-state index in [2.05, 4.69) is 35.9 Å². The molecule has 1 saturated heterocycles. The minimum atomic E-state index is 0.0370. The molecule has 2 heterocycles. The quantitative estimate of drug-likeness (QED) is 0.819. The van der Waals surface area contributed by atoms with Crippen molar-refractivity contribution in [2.45, 2.75) is 39.2 Å². The second-order valence-corrected chi connectivity index (χ2v) is 5.73. The van der Waals surface area contributed by atoms with Gasteiger partial charge in [-0.05, 0) is 36.9 Å². The molecule has 96 valence electrons. The van der Waals surface area contributed by atoms with Gasteiger partial charge in [0.2, 0.25) is 0 Å². The summed E-state index contributed by atoms with van der Waals surface area (Å²) in [6.45, 7) is 6.37. The van der Waals surface area contributed by atoms with E-state index < -0.39 is 0 Å². The van der Waals surface area contributed by atoms with E-state index in [1.807, 2.05) is 18.3 Å². The molecule has 0 amide bonds. The first-order valence-electron chi connectivity index (χ1n) is 6.67. The monoisotopic (exact) mass is 243 g/mol. The summed E-state index contributed by atoms with van der Waals surface area (Å²) in [5.74, 6) is 0. The van der Waals surface area contributed by atoms with Crippen LogP contribution in [0.4, 0.5) is 0 Å². The summed E-state index contributed by atoms with van der Waals surface area (Å²) in [4.78, 5) is 6.66. The van der Waals surface area contributed by atoms with Crippen molar-refractivity contribution in [3.05, 3.63) is 30.1 Å². The molecule has 3 heteroatoms. The van der Waals surface area contributed by atoms with Crippen molar-refractivity contribution in [3.8, 4) is 6.07 Å². The molecule has 1 aliphatic heterocycles. The molecule has 0 aromatic carbocycles. The summed E-state index contributed by atoms with van der Waals surface area (Å²) in [7, 11) is 0. The molecule has 18 heavy (non-hydrogen) atoms. The predicted molar refractivity (Wildman–Crippen MR) is 71.9 cm³/mol. The zero-order valence-electron chi connectivity index (χ0n) is 11.3. The number of aromatic nitrogens is 1. The van der Waals surface area contributed by atoms with E-state index in [1.54, 1.807) is 0 Å². The van der Waals surface area contributed by atoms with Crippen molar-refractivity contribution in [2.75, 3.05) is 13.1 Å². The summed E-state index contributed by atoms with van der Waals surface area (Å²) in [5, 5.41) is 9.39. The fraction of sp³-hybridized carbons (Fsp3) is 0.600. The van der Waals surface area contributed by atoms with Crippen molar-refractivity contribution in [1.29, 1.82) is 5.26 Å². The summed E-state index contributed by atoms with van der Waals surface area (Å²) < 4.78 is 0. The van der Waals surface area contributed by atoms with Gasteiger partial charge in [0.15, 0.2) is 0 Å². The van der Waals surface area contributed by atoms with Crippen LogP contribution in [-0.4, -0.2) is 29.0 Å². The normalized spacial score (nSPS) is 23.5. The summed E-state index contributed by atoms with van der Waals surface area (Å²) in [6, 6.07) is 8.53. The highest BCUT2D eigenvalue weighted by molar-refractivity contribution is 5.07. The Kier molecular flexibility index (Phi) is 3.98. The van der Waals surface area contributed by atoms with Crippen molar-refractivity contribution >= 4 is 0 Å². The molecule has 0 N–H and O–H groups in total. The smallest absolute Gasteiger partial charge is 0.103 e. The Bertz CT molecular complexity index is 419. The average molecular weight is 243 g/mol. The third-order valence-corrected chi connectivity index (χ3v) is 3.88. The molecule has 1 aromatic heterocycles. The Hall–Kier alpha value is -1.40. The van der Waals surface area contributed by atoms with Gasteiger partial charge in [0.25, 0.3) is 0 Å².